The minimum absolute atomic E-state index is 0.0177. The van der Waals surface area contributed by atoms with Crippen LogP contribution < -0.4 is 15.8 Å². The van der Waals surface area contributed by atoms with Crippen molar-refractivity contribution in [3.63, 3.8) is 0 Å². The van der Waals surface area contributed by atoms with Crippen LogP contribution in [0.25, 0.3) is 16.7 Å². The number of aromatic nitrogens is 3. The monoisotopic (exact) mass is 504 g/mol. The number of hydrogen-bond acceptors (Lipinski definition) is 7. The average Bonchev–Trinajstić information content (AvgIpc) is 2.89. The van der Waals surface area contributed by atoms with E-state index in [0.717, 1.165) is 5.56 Å². The van der Waals surface area contributed by atoms with Crippen LogP contribution in [-0.4, -0.2) is 52.8 Å². The number of esters is 1. The topological polar surface area (TPSA) is 113 Å². The molecule has 10 heteroatoms. The van der Waals surface area contributed by atoms with Crippen LogP contribution in [0.5, 0.6) is 5.75 Å². The number of amides is 1. The van der Waals surface area contributed by atoms with Crippen molar-refractivity contribution in [3.8, 4) is 5.75 Å². The molecule has 0 bridgehead atoms. The molecule has 3 heterocycles. The van der Waals surface area contributed by atoms with E-state index in [1.54, 1.807) is 48.0 Å². The summed E-state index contributed by atoms with van der Waals surface area (Å²) in [4.78, 5) is 49.0. The van der Waals surface area contributed by atoms with E-state index in [2.05, 4.69) is 4.99 Å². The van der Waals surface area contributed by atoms with E-state index >= 15 is 0 Å². The highest BCUT2D eigenvalue weighted by Gasteiger charge is 2.21. The molecule has 3 aromatic heterocycles. The molecule has 1 amide bonds. The first-order valence-corrected chi connectivity index (χ1v) is 11.9. The molecule has 0 unspecified atom stereocenters. The second kappa shape index (κ2) is 11.2. The Morgan fingerprint density at radius 1 is 1.03 bits per heavy atom. The Hall–Kier alpha value is -4.31. The van der Waals surface area contributed by atoms with E-state index in [1.807, 2.05) is 19.9 Å². The molecular weight excluding hydrogens is 476 g/mol. The maximum atomic E-state index is 13.5. The summed E-state index contributed by atoms with van der Waals surface area (Å²) < 4.78 is 19.1. The molecule has 192 valence electrons. The molecule has 0 aliphatic heterocycles. The summed E-state index contributed by atoms with van der Waals surface area (Å²) in [6, 6.07) is 11.7. The number of ether oxygens (including phenoxy) is 3. The second-order valence-electron chi connectivity index (χ2n) is 8.13. The number of fused-ring (bicyclic) bond motifs is 2. The zero-order valence-corrected chi connectivity index (χ0v) is 21.2. The molecule has 10 nitrogen and oxygen atoms in total. The SMILES string of the molecule is CCOC(=O)c1cc2c(=O)n3cccc(C)c3nc2n(CCOC)c1=NC(=O)c1ccccc1OCC. The summed E-state index contributed by atoms with van der Waals surface area (Å²) in [6.45, 7) is 6.19. The maximum Gasteiger partial charge on any atom is 0.341 e. The number of para-hydroxylation sites is 1. The van der Waals surface area contributed by atoms with Gasteiger partial charge in [0, 0.05) is 19.9 Å². The molecular formula is C27H28N4O6. The van der Waals surface area contributed by atoms with E-state index in [-0.39, 0.29) is 53.0 Å². The van der Waals surface area contributed by atoms with Gasteiger partial charge in [0.1, 0.15) is 22.6 Å². The quantitative estimate of drug-likeness (QED) is 0.268. The van der Waals surface area contributed by atoms with Crippen LogP contribution >= 0.6 is 0 Å². The Kier molecular flexibility index (Phi) is 7.78. The summed E-state index contributed by atoms with van der Waals surface area (Å²) in [5.74, 6) is -0.957. The third-order valence-corrected chi connectivity index (χ3v) is 5.74. The van der Waals surface area contributed by atoms with Crippen LogP contribution in [0.2, 0.25) is 0 Å². The zero-order chi connectivity index (χ0) is 26.5. The van der Waals surface area contributed by atoms with Gasteiger partial charge in [-0.25, -0.2) is 9.78 Å². The second-order valence-corrected chi connectivity index (χ2v) is 8.13. The van der Waals surface area contributed by atoms with Crippen molar-refractivity contribution in [1.82, 2.24) is 14.0 Å². The molecule has 0 N–H and O–H groups in total. The number of carbonyl (C=O) groups excluding carboxylic acids is 2. The van der Waals surface area contributed by atoms with Crippen LogP contribution in [0.15, 0.2) is 58.4 Å². The van der Waals surface area contributed by atoms with Gasteiger partial charge in [0.2, 0.25) is 0 Å². The zero-order valence-electron chi connectivity index (χ0n) is 21.2. The van der Waals surface area contributed by atoms with E-state index in [1.165, 1.54) is 17.6 Å². The number of pyridine rings is 2. The third-order valence-electron chi connectivity index (χ3n) is 5.74. The number of methoxy groups -OCH3 is 1. The van der Waals surface area contributed by atoms with E-state index in [4.69, 9.17) is 19.2 Å². The summed E-state index contributed by atoms with van der Waals surface area (Å²) in [5, 5.41) is 0.184. The molecule has 0 aliphatic rings. The maximum absolute atomic E-state index is 13.5. The Labute approximate surface area is 212 Å². The molecule has 0 fully saturated rings. The largest absolute Gasteiger partial charge is 0.493 e. The van der Waals surface area contributed by atoms with Gasteiger partial charge >= 0.3 is 5.97 Å². The first kappa shape index (κ1) is 25.8. The third kappa shape index (κ3) is 5.01. The number of nitrogens with zero attached hydrogens (tertiary/aromatic N) is 4. The van der Waals surface area contributed by atoms with Gasteiger partial charge in [0.05, 0.1) is 30.8 Å². The lowest BCUT2D eigenvalue weighted by molar-refractivity contribution is 0.0523. The summed E-state index contributed by atoms with van der Waals surface area (Å²) in [5.41, 5.74) is 1.38. The van der Waals surface area contributed by atoms with E-state index in [0.29, 0.717) is 18.0 Å². The molecule has 37 heavy (non-hydrogen) atoms. The summed E-state index contributed by atoms with van der Waals surface area (Å²) in [6.07, 6.45) is 1.62. The number of rotatable bonds is 8. The molecule has 1 aromatic carbocycles. The van der Waals surface area contributed by atoms with Crippen molar-refractivity contribution in [2.75, 3.05) is 26.9 Å². The van der Waals surface area contributed by atoms with Crippen molar-refractivity contribution < 1.29 is 23.8 Å². The predicted octanol–water partition coefficient (Wildman–Crippen LogP) is 2.92. The minimum Gasteiger partial charge on any atom is -0.493 e. The van der Waals surface area contributed by atoms with E-state index in [9.17, 15) is 14.4 Å². The fourth-order valence-corrected chi connectivity index (χ4v) is 4.04. The lowest BCUT2D eigenvalue weighted by atomic mass is 10.1. The first-order valence-electron chi connectivity index (χ1n) is 11.9. The van der Waals surface area contributed by atoms with Crippen LogP contribution in [0.1, 0.15) is 40.1 Å². The van der Waals surface area contributed by atoms with Crippen LogP contribution in [0.4, 0.5) is 0 Å². The fraction of sp³-hybridized carbons (Fsp3) is 0.296. The van der Waals surface area contributed by atoms with Crippen molar-refractivity contribution in [2.45, 2.75) is 27.3 Å². The lowest BCUT2D eigenvalue weighted by Crippen LogP contribution is -2.33. The van der Waals surface area contributed by atoms with Gasteiger partial charge in [-0.15, -0.1) is 0 Å². The van der Waals surface area contributed by atoms with Crippen molar-refractivity contribution in [3.05, 3.63) is 81.2 Å². The fourth-order valence-electron chi connectivity index (χ4n) is 4.04. The van der Waals surface area contributed by atoms with E-state index < -0.39 is 11.9 Å². The summed E-state index contributed by atoms with van der Waals surface area (Å²) in [7, 11) is 1.53. The number of carbonyl (C=O) groups is 2. The van der Waals surface area contributed by atoms with Crippen molar-refractivity contribution >= 4 is 28.6 Å². The molecule has 0 aliphatic carbocycles. The van der Waals surface area contributed by atoms with Crippen molar-refractivity contribution in [2.24, 2.45) is 4.99 Å². The Balaban J connectivity index is 2.12. The highest BCUT2D eigenvalue weighted by Crippen LogP contribution is 2.19. The van der Waals surface area contributed by atoms with Crippen LogP contribution in [0, 0.1) is 6.92 Å². The Morgan fingerprint density at radius 3 is 2.54 bits per heavy atom. The summed E-state index contributed by atoms with van der Waals surface area (Å²) >= 11 is 0. The van der Waals surface area contributed by atoms with Gasteiger partial charge in [-0.05, 0) is 50.6 Å². The number of benzene rings is 1. The molecule has 4 aromatic rings. The standard InChI is InChI=1S/C27H28N4O6/c1-5-36-21-12-8-7-11-18(21)25(32)29-24-20(27(34)37-6-2)16-19-23(30(24)14-15-35-4)28-22-17(3)10-9-13-31(22)26(19)33/h7-13,16H,5-6,14-15H2,1-4H3. The smallest absolute Gasteiger partial charge is 0.341 e. The van der Waals surface area contributed by atoms with Gasteiger partial charge in [-0.2, -0.15) is 4.99 Å². The highest BCUT2D eigenvalue weighted by molar-refractivity contribution is 5.99. The van der Waals surface area contributed by atoms with Crippen LogP contribution in [-0.2, 0) is 16.0 Å². The Bertz CT molecular complexity index is 1620. The molecule has 0 saturated heterocycles. The highest BCUT2D eigenvalue weighted by atomic mass is 16.5. The lowest BCUT2D eigenvalue weighted by Gasteiger charge is -2.15. The minimum atomic E-state index is -0.714. The average molecular weight is 505 g/mol. The van der Waals surface area contributed by atoms with Crippen LogP contribution in [0.3, 0.4) is 0 Å². The van der Waals surface area contributed by atoms with Gasteiger partial charge in [-0.1, -0.05) is 18.2 Å². The molecule has 0 saturated carbocycles. The Morgan fingerprint density at radius 2 is 1.81 bits per heavy atom. The number of aryl methyl sites for hydroxylation is 1. The first-order chi connectivity index (χ1) is 17.9. The normalized spacial score (nSPS) is 11.7. The van der Waals surface area contributed by atoms with Gasteiger partial charge in [0.15, 0.2) is 5.49 Å². The van der Waals surface area contributed by atoms with Gasteiger partial charge in [-0.3, -0.25) is 14.0 Å². The van der Waals surface area contributed by atoms with Gasteiger partial charge < -0.3 is 18.8 Å². The number of hydrogen-bond donors (Lipinski definition) is 0. The van der Waals surface area contributed by atoms with Gasteiger partial charge in [0.25, 0.3) is 11.5 Å². The predicted molar refractivity (Wildman–Crippen MR) is 137 cm³/mol. The molecule has 4 rings (SSSR count). The molecule has 0 radical (unpaired) electrons. The molecule has 0 spiro atoms. The molecule has 0 atom stereocenters. The van der Waals surface area contributed by atoms with Crippen molar-refractivity contribution in [1.29, 1.82) is 0 Å².